The molecule has 1 N–H and O–H groups in total. The minimum Gasteiger partial charge on any atom is -0.354 e. The zero-order valence-electron chi connectivity index (χ0n) is 5.71. The van der Waals surface area contributed by atoms with Crippen molar-refractivity contribution in [2.75, 3.05) is 11.5 Å². The molecule has 0 amide bonds. The van der Waals surface area contributed by atoms with Crippen LogP contribution in [0.25, 0.3) is 0 Å². The molecule has 60 valence electrons. The van der Waals surface area contributed by atoms with Gasteiger partial charge in [-0.3, -0.25) is 0 Å². The van der Waals surface area contributed by atoms with Gasteiger partial charge in [-0.1, -0.05) is 0 Å². The summed E-state index contributed by atoms with van der Waals surface area (Å²) in [6, 6.07) is 3.94. The number of halogens is 1. The SMILES string of the molecule is OC(c1ccc(Br)s1)=S1CC1. The summed E-state index contributed by atoms with van der Waals surface area (Å²) in [5, 5.41) is 10.2. The largest absolute Gasteiger partial charge is 0.354 e. The van der Waals surface area contributed by atoms with Gasteiger partial charge >= 0.3 is 0 Å². The van der Waals surface area contributed by atoms with E-state index in [4.69, 9.17) is 0 Å². The fraction of sp³-hybridized carbons (Fsp3) is 0.286. The second-order valence-corrected chi connectivity index (χ2v) is 6.96. The number of aliphatic hydroxyl groups excluding tert-OH is 1. The van der Waals surface area contributed by atoms with Gasteiger partial charge in [0, 0.05) is 0 Å². The van der Waals surface area contributed by atoms with E-state index in [1.165, 1.54) is 11.5 Å². The Morgan fingerprint density at radius 3 is 2.73 bits per heavy atom. The average molecular weight is 251 g/mol. The molecule has 4 heteroatoms. The van der Waals surface area contributed by atoms with Crippen molar-refractivity contribution in [3.63, 3.8) is 0 Å². The van der Waals surface area contributed by atoms with E-state index in [-0.39, 0.29) is 10.5 Å². The number of hydrogen-bond donors (Lipinski definition) is 1. The molecule has 2 rings (SSSR count). The van der Waals surface area contributed by atoms with E-state index in [2.05, 4.69) is 15.9 Å². The molecule has 0 aliphatic carbocycles. The summed E-state index contributed by atoms with van der Waals surface area (Å²) in [6.07, 6.45) is 0. The third-order valence-corrected chi connectivity index (χ3v) is 4.81. The summed E-state index contributed by atoms with van der Waals surface area (Å²) < 4.78 is 1.09. The second-order valence-electron chi connectivity index (χ2n) is 2.31. The van der Waals surface area contributed by atoms with E-state index < -0.39 is 0 Å². The third-order valence-electron chi connectivity index (χ3n) is 1.47. The maximum atomic E-state index is 9.59. The lowest BCUT2D eigenvalue weighted by atomic mass is 10.5. The van der Waals surface area contributed by atoms with Crippen LogP contribution in [-0.2, 0) is 0 Å². The molecule has 0 saturated carbocycles. The van der Waals surface area contributed by atoms with E-state index >= 15 is 0 Å². The van der Waals surface area contributed by atoms with Crippen LogP contribution in [0.15, 0.2) is 15.9 Å². The smallest absolute Gasteiger partial charge is 0.113 e. The molecule has 2 heterocycles. The Morgan fingerprint density at radius 2 is 2.27 bits per heavy atom. The van der Waals surface area contributed by atoms with E-state index in [1.807, 2.05) is 12.1 Å². The van der Waals surface area contributed by atoms with Gasteiger partial charge in [-0.05, 0) is 39.6 Å². The zero-order chi connectivity index (χ0) is 7.84. The summed E-state index contributed by atoms with van der Waals surface area (Å²) in [5.74, 6) is 2.36. The molecule has 1 aliphatic rings. The van der Waals surface area contributed by atoms with Crippen molar-refractivity contribution < 1.29 is 5.11 Å². The first-order chi connectivity index (χ1) is 5.27. The Hall–Kier alpha value is 0.360. The summed E-state index contributed by atoms with van der Waals surface area (Å²) in [7, 11) is 0.214. The molecule has 1 aromatic heterocycles. The minimum absolute atomic E-state index is 0.214. The molecule has 0 bridgehead atoms. The van der Waals surface area contributed by atoms with Gasteiger partial charge in [-0.15, -0.1) is 11.3 Å². The fourth-order valence-corrected chi connectivity index (χ4v) is 3.58. The quantitative estimate of drug-likeness (QED) is 0.601. The topological polar surface area (TPSA) is 20.2 Å². The molecule has 0 spiro atoms. The predicted molar refractivity (Wildman–Crippen MR) is 56.1 cm³/mol. The Labute approximate surface area is 80.1 Å². The Bertz CT molecular complexity index is 310. The van der Waals surface area contributed by atoms with Gasteiger partial charge in [-0.2, -0.15) is 10.5 Å². The molecule has 0 unspecified atom stereocenters. The van der Waals surface area contributed by atoms with Crippen molar-refractivity contribution in [2.24, 2.45) is 0 Å². The molecular formula is C7H7BrOS2. The van der Waals surface area contributed by atoms with Crippen LogP contribution in [0, 0.1) is 0 Å². The number of rotatable bonds is 1. The van der Waals surface area contributed by atoms with Crippen LogP contribution in [0.3, 0.4) is 0 Å². The normalized spacial score (nSPS) is 16.9. The summed E-state index contributed by atoms with van der Waals surface area (Å²) in [6.45, 7) is 0. The Balaban J connectivity index is 2.36. The van der Waals surface area contributed by atoms with Crippen molar-refractivity contribution in [1.29, 1.82) is 0 Å². The number of hydrogen-bond acceptors (Lipinski definition) is 1. The van der Waals surface area contributed by atoms with E-state index in [1.54, 1.807) is 11.3 Å². The van der Waals surface area contributed by atoms with Crippen LogP contribution < -0.4 is 0 Å². The highest BCUT2D eigenvalue weighted by molar-refractivity contribution is 9.11. The molecule has 0 atom stereocenters. The molecule has 1 aromatic rings. The van der Waals surface area contributed by atoms with Gasteiger partial charge in [0.05, 0.1) is 8.66 Å². The molecule has 1 nitrogen and oxygen atoms in total. The van der Waals surface area contributed by atoms with Gasteiger partial charge in [0.25, 0.3) is 0 Å². The first-order valence-corrected chi connectivity index (χ1v) is 6.44. The van der Waals surface area contributed by atoms with Crippen LogP contribution in [0.2, 0.25) is 0 Å². The van der Waals surface area contributed by atoms with E-state index in [9.17, 15) is 5.11 Å². The first-order valence-electron chi connectivity index (χ1n) is 3.26. The van der Waals surface area contributed by atoms with Crippen LogP contribution in [0.1, 0.15) is 4.88 Å². The maximum Gasteiger partial charge on any atom is 0.113 e. The highest BCUT2D eigenvalue weighted by atomic mass is 79.9. The van der Waals surface area contributed by atoms with Crippen molar-refractivity contribution >= 4 is 42.8 Å². The van der Waals surface area contributed by atoms with Crippen molar-refractivity contribution in [3.8, 4) is 0 Å². The van der Waals surface area contributed by atoms with Gasteiger partial charge in [0.2, 0.25) is 0 Å². The summed E-state index contributed by atoms with van der Waals surface area (Å²) in [4.78, 5) is 1.03. The number of thiophene rings is 1. The summed E-state index contributed by atoms with van der Waals surface area (Å²) in [5.41, 5.74) is 0. The molecule has 1 aliphatic heterocycles. The molecule has 1 saturated heterocycles. The lowest BCUT2D eigenvalue weighted by molar-refractivity contribution is 0.572. The lowest BCUT2D eigenvalue weighted by Gasteiger charge is -1.91. The first kappa shape index (κ1) is 7.98. The van der Waals surface area contributed by atoms with Crippen LogP contribution in [0.4, 0.5) is 0 Å². The molecule has 11 heavy (non-hydrogen) atoms. The maximum absolute atomic E-state index is 9.59. The minimum atomic E-state index is 0.214. The summed E-state index contributed by atoms with van der Waals surface area (Å²) >= 11 is 4.97. The van der Waals surface area contributed by atoms with Gasteiger partial charge in [0.1, 0.15) is 5.05 Å². The predicted octanol–water partition coefficient (Wildman–Crippen LogP) is 2.83. The Kier molecular flexibility index (Phi) is 2.19. The van der Waals surface area contributed by atoms with Crippen molar-refractivity contribution in [1.82, 2.24) is 0 Å². The zero-order valence-corrected chi connectivity index (χ0v) is 8.93. The third kappa shape index (κ3) is 1.75. The Morgan fingerprint density at radius 1 is 1.55 bits per heavy atom. The highest BCUT2D eigenvalue weighted by Crippen LogP contribution is 2.34. The van der Waals surface area contributed by atoms with Crippen LogP contribution >= 0.6 is 37.8 Å². The standard InChI is InChI=1S/C7H7BrOS2/c8-6-2-1-5(10-6)7(9)11-3-4-11/h1-2,9H,3-4H2. The van der Waals surface area contributed by atoms with Gasteiger partial charge < -0.3 is 5.11 Å². The average Bonchev–Trinajstić information content (AvgIpc) is 2.74. The van der Waals surface area contributed by atoms with Crippen molar-refractivity contribution in [3.05, 3.63) is 20.8 Å². The molecule has 1 fully saturated rings. The van der Waals surface area contributed by atoms with E-state index in [0.29, 0.717) is 5.05 Å². The van der Waals surface area contributed by atoms with Gasteiger partial charge in [-0.25, -0.2) is 0 Å². The molecule has 0 radical (unpaired) electrons. The van der Waals surface area contributed by atoms with E-state index in [0.717, 1.165) is 8.66 Å². The number of aliphatic hydroxyl groups is 1. The highest BCUT2D eigenvalue weighted by Gasteiger charge is 2.16. The van der Waals surface area contributed by atoms with Crippen LogP contribution in [-0.4, -0.2) is 21.7 Å². The van der Waals surface area contributed by atoms with Crippen LogP contribution in [0.5, 0.6) is 0 Å². The monoisotopic (exact) mass is 250 g/mol. The van der Waals surface area contributed by atoms with Crippen molar-refractivity contribution in [2.45, 2.75) is 0 Å². The lowest BCUT2D eigenvalue weighted by Crippen LogP contribution is -1.90. The van der Waals surface area contributed by atoms with Gasteiger partial charge in [0.15, 0.2) is 0 Å². The molecule has 0 aromatic carbocycles. The molecular weight excluding hydrogens is 244 g/mol. The fourth-order valence-electron chi connectivity index (χ4n) is 0.807. The second kappa shape index (κ2) is 3.01.